The number of halogens is 2. The fourth-order valence-corrected chi connectivity index (χ4v) is 2.34. The highest BCUT2D eigenvalue weighted by Crippen LogP contribution is 2.22. The molecule has 0 bridgehead atoms. The van der Waals surface area contributed by atoms with Gasteiger partial charge in [-0.2, -0.15) is 0 Å². The minimum absolute atomic E-state index is 0.393. The summed E-state index contributed by atoms with van der Waals surface area (Å²) in [5, 5.41) is 12.2. The van der Waals surface area contributed by atoms with Crippen molar-refractivity contribution in [2.24, 2.45) is 17.8 Å². The fourth-order valence-electron chi connectivity index (χ4n) is 2.34. The number of nitrogens with one attached hydrogen (secondary N) is 1. The van der Waals surface area contributed by atoms with E-state index in [2.05, 4.69) is 33.0 Å². The Labute approximate surface area is 113 Å². The van der Waals surface area contributed by atoms with Crippen LogP contribution in [0.25, 0.3) is 0 Å². The Hall–Kier alpha value is -1.16. The Balaban J connectivity index is 2.58. The number of rotatable bonds is 6. The molecule has 2 N–H and O–H groups in total. The van der Waals surface area contributed by atoms with Gasteiger partial charge in [-0.25, -0.2) is 8.78 Å². The van der Waals surface area contributed by atoms with Gasteiger partial charge in [0.2, 0.25) is 0 Å². The first kappa shape index (κ1) is 15.9. The summed E-state index contributed by atoms with van der Waals surface area (Å²) in [5.41, 5.74) is 0.499. The monoisotopic (exact) mass is 271 g/mol. The molecule has 0 aromatic heterocycles. The van der Waals surface area contributed by atoms with Gasteiger partial charge in [-0.15, -0.1) is 0 Å². The number of hydrogen-bond donors (Lipinski definition) is 2. The van der Waals surface area contributed by atoms with Crippen LogP contribution < -0.4 is 5.32 Å². The van der Waals surface area contributed by atoms with Crippen LogP contribution in [0.1, 0.15) is 33.3 Å². The molecule has 0 unspecified atom stereocenters. The highest BCUT2D eigenvalue weighted by atomic mass is 19.1. The number of aromatic hydroxyl groups is 1. The highest BCUT2D eigenvalue weighted by Gasteiger charge is 2.17. The van der Waals surface area contributed by atoms with Gasteiger partial charge >= 0.3 is 0 Å². The van der Waals surface area contributed by atoms with Crippen molar-refractivity contribution < 1.29 is 13.9 Å². The van der Waals surface area contributed by atoms with E-state index in [1.165, 1.54) is 0 Å². The van der Waals surface area contributed by atoms with Crippen molar-refractivity contribution in [2.45, 2.75) is 34.2 Å². The molecule has 0 spiro atoms. The summed E-state index contributed by atoms with van der Waals surface area (Å²) >= 11 is 0. The largest absolute Gasteiger partial charge is 0.503 e. The van der Waals surface area contributed by atoms with E-state index < -0.39 is 17.4 Å². The smallest absolute Gasteiger partial charge is 0.187 e. The van der Waals surface area contributed by atoms with E-state index in [0.29, 0.717) is 29.9 Å². The Bertz CT molecular complexity index is 388. The third-order valence-corrected chi connectivity index (χ3v) is 3.50. The van der Waals surface area contributed by atoms with Gasteiger partial charge in [0.05, 0.1) is 0 Å². The first-order chi connectivity index (χ1) is 8.82. The normalized spacial score (nSPS) is 11.8. The van der Waals surface area contributed by atoms with Gasteiger partial charge in [0.1, 0.15) is 0 Å². The van der Waals surface area contributed by atoms with Crippen molar-refractivity contribution in [2.75, 3.05) is 6.54 Å². The molecule has 19 heavy (non-hydrogen) atoms. The van der Waals surface area contributed by atoms with Crippen molar-refractivity contribution in [3.05, 3.63) is 29.3 Å². The zero-order chi connectivity index (χ0) is 14.6. The van der Waals surface area contributed by atoms with Crippen LogP contribution in [-0.4, -0.2) is 11.7 Å². The molecule has 108 valence electrons. The third kappa shape index (κ3) is 4.46. The van der Waals surface area contributed by atoms with Gasteiger partial charge in [0.25, 0.3) is 0 Å². The molecule has 4 heteroatoms. The molecule has 0 saturated heterocycles. The fraction of sp³-hybridized carbons (Fsp3) is 0.600. The molecule has 0 aliphatic heterocycles. The highest BCUT2D eigenvalue weighted by molar-refractivity contribution is 5.29. The molecule has 0 heterocycles. The number of phenols is 1. The molecule has 0 fully saturated rings. The lowest BCUT2D eigenvalue weighted by Gasteiger charge is -2.25. The zero-order valence-electron chi connectivity index (χ0n) is 12.0. The van der Waals surface area contributed by atoms with Crippen molar-refractivity contribution in [3.63, 3.8) is 0 Å². The first-order valence-electron chi connectivity index (χ1n) is 6.70. The molecule has 2 nitrogen and oxygen atoms in total. The molecule has 0 radical (unpaired) electrons. The maximum Gasteiger partial charge on any atom is 0.187 e. The molecule has 0 saturated carbocycles. The molecule has 1 aromatic carbocycles. The van der Waals surface area contributed by atoms with E-state index >= 15 is 0 Å². The molecule has 0 aliphatic carbocycles. The second-order valence-corrected chi connectivity index (χ2v) is 5.69. The van der Waals surface area contributed by atoms with Crippen LogP contribution in [0.4, 0.5) is 8.78 Å². The molecular formula is C15H23F2NO. The summed E-state index contributed by atoms with van der Waals surface area (Å²) in [6.07, 6.45) is 0. The van der Waals surface area contributed by atoms with E-state index in [-0.39, 0.29) is 0 Å². The average molecular weight is 271 g/mol. The Morgan fingerprint density at radius 2 is 1.53 bits per heavy atom. The second kappa shape index (κ2) is 6.85. The Morgan fingerprint density at radius 1 is 1.05 bits per heavy atom. The quantitative estimate of drug-likeness (QED) is 0.827. The summed E-state index contributed by atoms with van der Waals surface area (Å²) in [4.78, 5) is 0. The van der Waals surface area contributed by atoms with Crippen LogP contribution in [0.3, 0.4) is 0 Å². The molecule has 0 amide bonds. The van der Waals surface area contributed by atoms with Crippen LogP contribution in [0.5, 0.6) is 5.75 Å². The van der Waals surface area contributed by atoms with Crippen molar-refractivity contribution in [1.29, 1.82) is 0 Å². The lowest BCUT2D eigenvalue weighted by molar-refractivity contribution is 0.275. The molecule has 0 aliphatic rings. The van der Waals surface area contributed by atoms with Gasteiger partial charge in [0, 0.05) is 6.54 Å². The molecule has 0 atom stereocenters. The predicted octanol–water partition coefficient (Wildman–Crippen LogP) is 3.69. The average Bonchev–Trinajstić information content (AvgIpc) is 2.30. The van der Waals surface area contributed by atoms with Gasteiger partial charge in [0.15, 0.2) is 17.4 Å². The molecule has 1 rings (SSSR count). The topological polar surface area (TPSA) is 32.3 Å². The zero-order valence-corrected chi connectivity index (χ0v) is 12.0. The third-order valence-electron chi connectivity index (χ3n) is 3.50. The summed E-state index contributed by atoms with van der Waals surface area (Å²) in [6, 6.07) is 2.32. The van der Waals surface area contributed by atoms with Crippen molar-refractivity contribution in [1.82, 2.24) is 5.32 Å². The summed E-state index contributed by atoms with van der Waals surface area (Å²) < 4.78 is 26.3. The first-order valence-corrected chi connectivity index (χ1v) is 6.70. The minimum Gasteiger partial charge on any atom is -0.503 e. The predicted molar refractivity (Wildman–Crippen MR) is 72.9 cm³/mol. The summed E-state index contributed by atoms with van der Waals surface area (Å²) in [7, 11) is 0. The number of phenolic OH excluding ortho intramolecular Hbond substituents is 1. The second-order valence-electron chi connectivity index (χ2n) is 5.69. The van der Waals surface area contributed by atoms with Crippen molar-refractivity contribution in [3.8, 4) is 5.75 Å². The number of hydrogen-bond acceptors (Lipinski definition) is 2. The number of benzene rings is 1. The van der Waals surface area contributed by atoms with Crippen molar-refractivity contribution >= 4 is 0 Å². The van der Waals surface area contributed by atoms with E-state index in [4.69, 9.17) is 5.11 Å². The SMILES string of the molecule is CC(C)C(CNCc1cc(F)c(O)c(F)c1)C(C)C. The van der Waals surface area contributed by atoms with Gasteiger partial charge in [-0.05, 0) is 42.0 Å². The van der Waals surface area contributed by atoms with Gasteiger partial charge in [-0.1, -0.05) is 27.7 Å². The van der Waals surface area contributed by atoms with Crippen LogP contribution in [0, 0.1) is 29.4 Å². The Kier molecular flexibility index (Phi) is 5.73. The lowest BCUT2D eigenvalue weighted by atomic mass is 9.85. The molecular weight excluding hydrogens is 248 g/mol. The van der Waals surface area contributed by atoms with E-state index in [1.807, 2.05) is 0 Å². The van der Waals surface area contributed by atoms with Gasteiger partial charge < -0.3 is 10.4 Å². The van der Waals surface area contributed by atoms with E-state index in [0.717, 1.165) is 18.7 Å². The van der Waals surface area contributed by atoms with Gasteiger partial charge in [-0.3, -0.25) is 0 Å². The Morgan fingerprint density at radius 3 is 1.95 bits per heavy atom. The maximum atomic E-state index is 13.2. The van der Waals surface area contributed by atoms with Crippen LogP contribution >= 0.6 is 0 Å². The van der Waals surface area contributed by atoms with Crippen LogP contribution in [-0.2, 0) is 6.54 Å². The van der Waals surface area contributed by atoms with Crippen LogP contribution in [0.15, 0.2) is 12.1 Å². The minimum atomic E-state index is -0.916. The van der Waals surface area contributed by atoms with Crippen LogP contribution in [0.2, 0.25) is 0 Å². The maximum absolute atomic E-state index is 13.2. The summed E-state index contributed by atoms with van der Waals surface area (Å²) in [6.45, 7) is 9.89. The standard InChI is InChI=1S/C15H23F2NO/c1-9(2)12(10(3)4)8-18-7-11-5-13(16)15(19)14(17)6-11/h5-6,9-10,12,18-19H,7-8H2,1-4H3. The lowest BCUT2D eigenvalue weighted by Crippen LogP contribution is -2.29. The van der Waals surface area contributed by atoms with E-state index in [9.17, 15) is 8.78 Å². The van der Waals surface area contributed by atoms with E-state index in [1.54, 1.807) is 0 Å². The summed E-state index contributed by atoms with van der Waals surface area (Å²) in [5.74, 6) is -1.11. The molecule has 1 aromatic rings.